The van der Waals surface area contributed by atoms with Crippen molar-refractivity contribution < 1.29 is 24.5 Å². The highest BCUT2D eigenvalue weighted by Crippen LogP contribution is 2.25. The van der Waals surface area contributed by atoms with Crippen LogP contribution in [0, 0.1) is 6.92 Å². The zero-order valence-electron chi connectivity index (χ0n) is 11.7. The predicted molar refractivity (Wildman–Crippen MR) is 73.1 cm³/mol. The zero-order valence-corrected chi connectivity index (χ0v) is 11.7. The molecule has 0 saturated carbocycles. The number of aliphatic hydroxyl groups is 2. The van der Waals surface area contributed by atoms with Crippen LogP contribution in [0.15, 0.2) is 35.6 Å². The van der Waals surface area contributed by atoms with Crippen LogP contribution >= 0.6 is 0 Å². The first-order valence-electron chi connectivity index (χ1n) is 6.11. The van der Waals surface area contributed by atoms with Gasteiger partial charge in [-0.25, -0.2) is 0 Å². The van der Waals surface area contributed by atoms with E-state index in [2.05, 4.69) is 4.74 Å². The van der Waals surface area contributed by atoms with Crippen molar-refractivity contribution in [2.75, 3.05) is 7.11 Å². The van der Waals surface area contributed by atoms with Crippen molar-refractivity contribution in [3.63, 3.8) is 0 Å². The largest absolute Gasteiger partial charge is 0.509 e. The number of aryl methyl sites for hydroxylation is 1. The van der Waals surface area contributed by atoms with Gasteiger partial charge in [-0.2, -0.15) is 0 Å². The van der Waals surface area contributed by atoms with Crippen molar-refractivity contribution in [3.05, 3.63) is 46.7 Å². The van der Waals surface area contributed by atoms with Crippen LogP contribution in [0.5, 0.6) is 0 Å². The van der Waals surface area contributed by atoms with Gasteiger partial charge < -0.3 is 14.9 Å². The van der Waals surface area contributed by atoms with Gasteiger partial charge in [0.15, 0.2) is 5.78 Å². The van der Waals surface area contributed by atoms with E-state index >= 15 is 0 Å². The molecule has 0 aromatic heterocycles. The average Bonchev–Trinajstić information content (AvgIpc) is 2.42. The minimum atomic E-state index is -1.35. The molecule has 1 atom stereocenters. The summed E-state index contributed by atoms with van der Waals surface area (Å²) in [6.45, 7) is 3.06. The molecule has 0 spiro atoms. The van der Waals surface area contributed by atoms with E-state index in [1.165, 1.54) is 14.0 Å². The molecule has 5 nitrogen and oxygen atoms in total. The lowest BCUT2D eigenvalue weighted by molar-refractivity contribution is -0.140. The molecule has 1 aromatic carbocycles. The quantitative estimate of drug-likeness (QED) is 0.489. The predicted octanol–water partition coefficient (Wildman–Crippen LogP) is 1.99. The third kappa shape index (κ3) is 3.93. The van der Waals surface area contributed by atoms with Crippen LogP contribution in [0.1, 0.15) is 30.6 Å². The molecule has 1 unspecified atom stereocenters. The number of esters is 1. The topological polar surface area (TPSA) is 83.8 Å². The summed E-state index contributed by atoms with van der Waals surface area (Å²) in [4.78, 5) is 22.7. The Balaban J connectivity index is 3.14. The fourth-order valence-corrected chi connectivity index (χ4v) is 1.77. The van der Waals surface area contributed by atoms with Crippen LogP contribution < -0.4 is 0 Å². The minimum Gasteiger partial charge on any atom is -0.509 e. The number of carbonyl (C=O) groups excluding carboxylic acids is 2. The molecule has 0 aliphatic carbocycles. The second kappa shape index (κ2) is 6.86. The lowest BCUT2D eigenvalue weighted by Crippen LogP contribution is -2.13. The molecular formula is C15H18O5. The Morgan fingerprint density at radius 2 is 2.00 bits per heavy atom. The van der Waals surface area contributed by atoms with Gasteiger partial charge in [-0.15, -0.1) is 0 Å². The first kappa shape index (κ1) is 15.9. The average molecular weight is 278 g/mol. The van der Waals surface area contributed by atoms with Crippen LogP contribution in [-0.2, 0) is 14.3 Å². The summed E-state index contributed by atoms with van der Waals surface area (Å²) in [5, 5.41) is 20.1. The van der Waals surface area contributed by atoms with E-state index < -0.39 is 23.6 Å². The van der Waals surface area contributed by atoms with Crippen LogP contribution in [0.2, 0.25) is 0 Å². The molecule has 0 heterocycles. The van der Waals surface area contributed by atoms with Crippen molar-refractivity contribution >= 4 is 11.8 Å². The smallest absolute Gasteiger partial charge is 0.310 e. The maximum atomic E-state index is 11.5. The Hall–Kier alpha value is -2.14. The molecule has 1 aromatic rings. The highest BCUT2D eigenvalue weighted by molar-refractivity contribution is 5.98. The molecule has 2 N–H and O–H groups in total. The number of benzene rings is 1. The summed E-state index contributed by atoms with van der Waals surface area (Å²) in [7, 11) is 1.19. The van der Waals surface area contributed by atoms with Crippen LogP contribution in [-0.4, -0.2) is 29.1 Å². The fourth-order valence-electron chi connectivity index (χ4n) is 1.77. The lowest BCUT2D eigenvalue weighted by atomic mass is 9.99. The van der Waals surface area contributed by atoms with Gasteiger partial charge in [0.25, 0.3) is 0 Å². The SMILES string of the molecule is COC(=O)C/C(C(C)=O)=C(/O)C(O)c1cccc(C)c1. The summed E-state index contributed by atoms with van der Waals surface area (Å²) in [6.07, 6.45) is -1.72. The molecule has 0 saturated heterocycles. The Morgan fingerprint density at radius 3 is 2.50 bits per heavy atom. The Morgan fingerprint density at radius 1 is 1.35 bits per heavy atom. The van der Waals surface area contributed by atoms with E-state index in [1.54, 1.807) is 18.2 Å². The van der Waals surface area contributed by atoms with Gasteiger partial charge in [-0.1, -0.05) is 29.8 Å². The molecule has 0 bridgehead atoms. The van der Waals surface area contributed by atoms with Crippen LogP contribution in [0.25, 0.3) is 0 Å². The molecular weight excluding hydrogens is 260 g/mol. The van der Waals surface area contributed by atoms with E-state index in [9.17, 15) is 19.8 Å². The molecule has 0 amide bonds. The molecule has 5 heteroatoms. The van der Waals surface area contributed by atoms with Gasteiger partial charge in [0.05, 0.1) is 13.5 Å². The Bertz CT molecular complexity index is 545. The van der Waals surface area contributed by atoms with Crippen molar-refractivity contribution in [1.82, 2.24) is 0 Å². The zero-order chi connectivity index (χ0) is 15.3. The number of Topliss-reactive ketones (excluding diaryl/α,β-unsaturated/α-hetero) is 1. The van der Waals surface area contributed by atoms with E-state index in [0.717, 1.165) is 5.56 Å². The van der Waals surface area contributed by atoms with Crippen LogP contribution in [0.3, 0.4) is 0 Å². The number of carbonyl (C=O) groups is 2. The molecule has 0 radical (unpaired) electrons. The maximum absolute atomic E-state index is 11.5. The molecule has 108 valence electrons. The van der Waals surface area contributed by atoms with Gasteiger partial charge in [-0.3, -0.25) is 9.59 Å². The number of aliphatic hydroxyl groups excluding tert-OH is 2. The van der Waals surface area contributed by atoms with Gasteiger partial charge in [0, 0.05) is 5.57 Å². The van der Waals surface area contributed by atoms with Crippen molar-refractivity contribution in [3.8, 4) is 0 Å². The van der Waals surface area contributed by atoms with Crippen molar-refractivity contribution in [1.29, 1.82) is 0 Å². The number of rotatable bonds is 5. The maximum Gasteiger partial charge on any atom is 0.310 e. The van der Waals surface area contributed by atoms with Crippen LogP contribution in [0.4, 0.5) is 0 Å². The summed E-state index contributed by atoms with van der Waals surface area (Å²) in [6, 6.07) is 6.90. The molecule has 1 rings (SSSR count). The van der Waals surface area contributed by atoms with E-state index in [-0.39, 0.29) is 12.0 Å². The molecule has 20 heavy (non-hydrogen) atoms. The Kier molecular flexibility index (Phi) is 5.46. The minimum absolute atomic E-state index is 0.147. The van der Waals surface area contributed by atoms with Gasteiger partial charge >= 0.3 is 5.97 Å². The fraction of sp³-hybridized carbons (Fsp3) is 0.333. The van der Waals surface area contributed by atoms with Crippen molar-refractivity contribution in [2.24, 2.45) is 0 Å². The summed E-state index contributed by atoms with van der Waals surface area (Å²) >= 11 is 0. The molecule has 0 aliphatic heterocycles. The summed E-state index contributed by atoms with van der Waals surface area (Å²) < 4.78 is 4.47. The number of ketones is 1. The lowest BCUT2D eigenvalue weighted by Gasteiger charge is -2.14. The summed E-state index contributed by atoms with van der Waals surface area (Å²) in [5.74, 6) is -1.66. The van der Waals surface area contributed by atoms with Crippen molar-refractivity contribution in [2.45, 2.75) is 26.4 Å². The standard InChI is InChI=1S/C15H18O5/c1-9-5-4-6-11(7-9)14(18)15(19)12(10(2)16)8-13(17)20-3/h4-7,14,18-19H,8H2,1-3H3/b15-12-. The summed E-state index contributed by atoms with van der Waals surface area (Å²) in [5.41, 5.74) is 1.21. The third-order valence-corrected chi connectivity index (χ3v) is 2.90. The highest BCUT2D eigenvalue weighted by Gasteiger charge is 2.22. The molecule has 0 aliphatic rings. The number of ether oxygens (including phenoxy) is 1. The number of methoxy groups -OCH3 is 1. The highest BCUT2D eigenvalue weighted by atomic mass is 16.5. The van der Waals surface area contributed by atoms with E-state index in [4.69, 9.17) is 0 Å². The van der Waals surface area contributed by atoms with E-state index in [0.29, 0.717) is 5.56 Å². The second-order valence-electron chi connectivity index (χ2n) is 4.49. The van der Waals surface area contributed by atoms with Gasteiger partial charge in [0.2, 0.25) is 0 Å². The normalized spacial score (nSPS) is 13.4. The number of hydrogen-bond donors (Lipinski definition) is 2. The number of hydrogen-bond acceptors (Lipinski definition) is 5. The third-order valence-electron chi connectivity index (χ3n) is 2.90. The second-order valence-corrected chi connectivity index (χ2v) is 4.49. The Labute approximate surface area is 117 Å². The van der Waals surface area contributed by atoms with Gasteiger partial charge in [-0.05, 0) is 19.4 Å². The van der Waals surface area contributed by atoms with Gasteiger partial charge in [0.1, 0.15) is 11.9 Å². The first-order chi connectivity index (χ1) is 9.36. The monoisotopic (exact) mass is 278 g/mol. The van der Waals surface area contributed by atoms with E-state index in [1.807, 2.05) is 13.0 Å². The first-order valence-corrected chi connectivity index (χ1v) is 6.11. The molecule has 0 fully saturated rings.